The zero-order valence-corrected chi connectivity index (χ0v) is 9.45. The van der Waals surface area contributed by atoms with Crippen molar-refractivity contribution in [1.82, 2.24) is 10.3 Å². The van der Waals surface area contributed by atoms with E-state index >= 15 is 0 Å². The largest absolute Gasteiger partial charge is 0.432 e. The van der Waals surface area contributed by atoms with E-state index in [0.29, 0.717) is 18.4 Å². The zero-order valence-electron chi connectivity index (χ0n) is 9.45. The molecule has 1 saturated heterocycles. The summed E-state index contributed by atoms with van der Waals surface area (Å²) in [5.74, 6) is 0.417. The molecule has 0 spiro atoms. The highest BCUT2D eigenvalue weighted by Gasteiger charge is 2.17. The van der Waals surface area contributed by atoms with Gasteiger partial charge in [-0.15, -0.1) is 0 Å². The topological polar surface area (TPSA) is 67.2 Å². The van der Waals surface area contributed by atoms with Crippen molar-refractivity contribution in [3.63, 3.8) is 0 Å². The number of rotatable bonds is 3. The van der Waals surface area contributed by atoms with Crippen LogP contribution in [-0.4, -0.2) is 24.0 Å². The fraction of sp³-hybridized carbons (Fsp3) is 0.636. The third kappa shape index (κ3) is 3.06. The van der Waals surface area contributed by atoms with Gasteiger partial charge in [-0.25, -0.2) is 0 Å². The van der Waals surface area contributed by atoms with Gasteiger partial charge < -0.3 is 9.73 Å². The highest BCUT2D eigenvalue weighted by atomic mass is 16.4. The molecule has 0 bridgehead atoms. The molecular weight excluding hydrogens is 206 g/mol. The number of piperidine rings is 1. The molecule has 1 aliphatic heterocycles. The van der Waals surface area contributed by atoms with Gasteiger partial charge in [0.25, 0.3) is 0 Å². The molecule has 88 valence electrons. The van der Waals surface area contributed by atoms with Crippen molar-refractivity contribution in [3.05, 3.63) is 12.0 Å². The Balaban J connectivity index is 1.79. The van der Waals surface area contributed by atoms with Gasteiger partial charge in [-0.05, 0) is 38.8 Å². The van der Waals surface area contributed by atoms with Crippen LogP contribution in [0, 0.1) is 12.8 Å². The van der Waals surface area contributed by atoms with E-state index in [0.717, 1.165) is 31.6 Å². The number of oxazole rings is 1. The fourth-order valence-electron chi connectivity index (χ4n) is 1.94. The zero-order chi connectivity index (χ0) is 11.4. The third-order valence-electron chi connectivity index (χ3n) is 2.74. The molecule has 5 heteroatoms. The second-order valence-corrected chi connectivity index (χ2v) is 4.26. The van der Waals surface area contributed by atoms with E-state index in [1.165, 1.54) is 6.26 Å². The average Bonchev–Trinajstić information content (AvgIpc) is 2.65. The van der Waals surface area contributed by atoms with Crippen molar-refractivity contribution in [3.8, 4) is 0 Å². The van der Waals surface area contributed by atoms with E-state index in [1.54, 1.807) is 0 Å². The number of amides is 1. The fourth-order valence-corrected chi connectivity index (χ4v) is 1.94. The Hall–Kier alpha value is -1.36. The highest BCUT2D eigenvalue weighted by molar-refractivity contribution is 5.88. The number of aryl methyl sites for hydroxylation is 1. The Morgan fingerprint density at radius 2 is 2.62 bits per heavy atom. The van der Waals surface area contributed by atoms with Gasteiger partial charge in [-0.3, -0.25) is 10.1 Å². The predicted octanol–water partition coefficient (Wildman–Crippen LogP) is 1.31. The first-order valence-corrected chi connectivity index (χ1v) is 5.67. The van der Waals surface area contributed by atoms with Crippen LogP contribution in [-0.2, 0) is 4.79 Å². The lowest BCUT2D eigenvalue weighted by Crippen LogP contribution is -2.32. The van der Waals surface area contributed by atoms with Crippen LogP contribution in [0.4, 0.5) is 6.01 Å². The van der Waals surface area contributed by atoms with Crippen molar-refractivity contribution in [2.45, 2.75) is 26.2 Å². The van der Waals surface area contributed by atoms with Crippen LogP contribution in [0.15, 0.2) is 10.7 Å². The summed E-state index contributed by atoms with van der Waals surface area (Å²) in [6.45, 7) is 3.82. The van der Waals surface area contributed by atoms with Crippen molar-refractivity contribution in [1.29, 1.82) is 0 Å². The molecule has 1 aliphatic rings. The molecule has 2 N–H and O–H groups in total. The third-order valence-corrected chi connectivity index (χ3v) is 2.74. The average molecular weight is 223 g/mol. The molecule has 1 fully saturated rings. The number of carbonyl (C=O) groups is 1. The van der Waals surface area contributed by atoms with Crippen molar-refractivity contribution >= 4 is 11.9 Å². The first kappa shape index (κ1) is 11.1. The SMILES string of the molecule is Cc1coc(NC(=O)CC2CCCNC2)n1. The summed E-state index contributed by atoms with van der Waals surface area (Å²) in [5, 5.41) is 5.95. The molecule has 1 unspecified atom stereocenters. The van der Waals surface area contributed by atoms with E-state index in [2.05, 4.69) is 15.6 Å². The van der Waals surface area contributed by atoms with Crippen LogP contribution in [0.25, 0.3) is 0 Å². The van der Waals surface area contributed by atoms with Gasteiger partial charge in [0.2, 0.25) is 5.91 Å². The molecule has 1 atom stereocenters. The maximum atomic E-state index is 11.7. The van der Waals surface area contributed by atoms with E-state index in [-0.39, 0.29) is 5.91 Å². The summed E-state index contributed by atoms with van der Waals surface area (Å²) in [7, 11) is 0. The lowest BCUT2D eigenvalue weighted by atomic mass is 9.96. The van der Waals surface area contributed by atoms with Crippen LogP contribution in [0.2, 0.25) is 0 Å². The summed E-state index contributed by atoms with van der Waals surface area (Å²) in [4.78, 5) is 15.7. The summed E-state index contributed by atoms with van der Waals surface area (Å²) in [6, 6.07) is 0.297. The van der Waals surface area contributed by atoms with Gasteiger partial charge in [-0.1, -0.05) is 0 Å². The van der Waals surface area contributed by atoms with Crippen LogP contribution in [0.5, 0.6) is 0 Å². The molecule has 0 aliphatic carbocycles. The van der Waals surface area contributed by atoms with E-state index in [9.17, 15) is 4.79 Å². The number of hydrogen-bond donors (Lipinski definition) is 2. The van der Waals surface area contributed by atoms with Crippen molar-refractivity contribution in [2.75, 3.05) is 18.4 Å². The minimum absolute atomic E-state index is 0.0180. The first-order valence-electron chi connectivity index (χ1n) is 5.67. The molecular formula is C11H17N3O2. The number of aromatic nitrogens is 1. The summed E-state index contributed by atoms with van der Waals surface area (Å²) >= 11 is 0. The summed E-state index contributed by atoms with van der Waals surface area (Å²) in [6.07, 6.45) is 4.33. The Bertz CT molecular complexity index is 356. The van der Waals surface area contributed by atoms with Gasteiger partial charge in [-0.2, -0.15) is 4.98 Å². The Morgan fingerprint density at radius 1 is 1.75 bits per heavy atom. The van der Waals surface area contributed by atoms with Crippen LogP contribution >= 0.6 is 0 Å². The number of anilines is 1. The minimum Gasteiger partial charge on any atom is -0.432 e. The van der Waals surface area contributed by atoms with Gasteiger partial charge >= 0.3 is 6.01 Å². The molecule has 1 amide bonds. The quantitative estimate of drug-likeness (QED) is 0.810. The number of nitrogens with one attached hydrogen (secondary N) is 2. The van der Waals surface area contributed by atoms with E-state index in [4.69, 9.17) is 4.42 Å². The molecule has 1 aromatic heterocycles. The molecule has 5 nitrogen and oxygen atoms in total. The van der Waals surface area contributed by atoms with Crippen LogP contribution in [0.1, 0.15) is 25.0 Å². The molecule has 0 aromatic carbocycles. The molecule has 2 rings (SSSR count). The maximum Gasteiger partial charge on any atom is 0.301 e. The first-order chi connectivity index (χ1) is 7.74. The molecule has 2 heterocycles. The smallest absolute Gasteiger partial charge is 0.301 e. The standard InChI is InChI=1S/C11H17N3O2/c1-8-7-16-11(13-8)14-10(15)5-9-3-2-4-12-6-9/h7,9,12H,2-6H2,1H3,(H,13,14,15). The highest BCUT2D eigenvalue weighted by Crippen LogP contribution is 2.15. The lowest BCUT2D eigenvalue weighted by molar-refractivity contribution is -0.117. The molecule has 1 aromatic rings. The Morgan fingerprint density at radius 3 is 3.25 bits per heavy atom. The summed E-state index contributed by atoms with van der Waals surface area (Å²) < 4.78 is 5.07. The van der Waals surface area contributed by atoms with Crippen molar-refractivity contribution < 1.29 is 9.21 Å². The molecule has 0 radical (unpaired) electrons. The van der Waals surface area contributed by atoms with Gasteiger partial charge in [0.15, 0.2) is 0 Å². The molecule has 16 heavy (non-hydrogen) atoms. The number of nitrogens with zero attached hydrogens (tertiary/aromatic N) is 1. The van der Waals surface area contributed by atoms with Crippen LogP contribution in [0.3, 0.4) is 0 Å². The Labute approximate surface area is 94.6 Å². The number of hydrogen-bond acceptors (Lipinski definition) is 4. The van der Waals surface area contributed by atoms with Crippen molar-refractivity contribution in [2.24, 2.45) is 5.92 Å². The summed E-state index contributed by atoms with van der Waals surface area (Å²) in [5.41, 5.74) is 0.773. The monoisotopic (exact) mass is 223 g/mol. The van der Waals surface area contributed by atoms with E-state index in [1.807, 2.05) is 6.92 Å². The maximum absolute atomic E-state index is 11.7. The second-order valence-electron chi connectivity index (χ2n) is 4.26. The lowest BCUT2D eigenvalue weighted by Gasteiger charge is -2.21. The van der Waals surface area contributed by atoms with E-state index < -0.39 is 0 Å². The minimum atomic E-state index is -0.0180. The van der Waals surface area contributed by atoms with Gasteiger partial charge in [0.05, 0.1) is 5.69 Å². The predicted molar refractivity (Wildman–Crippen MR) is 60.1 cm³/mol. The Kier molecular flexibility index (Phi) is 3.56. The molecule has 0 saturated carbocycles. The second kappa shape index (κ2) is 5.12. The van der Waals surface area contributed by atoms with Crippen LogP contribution < -0.4 is 10.6 Å². The normalized spacial score (nSPS) is 20.7. The van der Waals surface area contributed by atoms with Gasteiger partial charge in [0, 0.05) is 6.42 Å². The van der Waals surface area contributed by atoms with Gasteiger partial charge in [0.1, 0.15) is 6.26 Å². The number of carbonyl (C=O) groups excluding carboxylic acids is 1.